The molecule has 0 spiro atoms. The van der Waals surface area contributed by atoms with Crippen molar-refractivity contribution in [1.82, 2.24) is 9.62 Å². The fourth-order valence-corrected chi connectivity index (χ4v) is 5.49. The molecule has 36 heavy (non-hydrogen) atoms. The molecule has 1 aliphatic rings. The molecule has 9 nitrogen and oxygen atoms in total. The second-order valence-electron chi connectivity index (χ2n) is 8.35. The number of morpholine rings is 1. The zero-order chi connectivity index (χ0) is 26.1. The highest BCUT2D eigenvalue weighted by Gasteiger charge is 2.27. The van der Waals surface area contributed by atoms with E-state index in [4.69, 9.17) is 18.9 Å². The van der Waals surface area contributed by atoms with E-state index in [1.807, 2.05) is 39.0 Å². The van der Waals surface area contributed by atoms with E-state index in [-0.39, 0.29) is 23.3 Å². The van der Waals surface area contributed by atoms with Gasteiger partial charge >= 0.3 is 0 Å². The monoisotopic (exact) mass is 520 g/mol. The first-order valence-corrected chi connectivity index (χ1v) is 13.7. The lowest BCUT2D eigenvalue weighted by Crippen LogP contribution is -2.40. The number of carbonyl (C=O) groups is 1. The molecule has 1 atom stereocenters. The van der Waals surface area contributed by atoms with E-state index in [2.05, 4.69) is 5.32 Å². The molecular formula is C26H36N2O7S. The smallest absolute Gasteiger partial charge is 0.243 e. The summed E-state index contributed by atoms with van der Waals surface area (Å²) in [5, 5.41) is 3.00. The van der Waals surface area contributed by atoms with Gasteiger partial charge in [-0.3, -0.25) is 4.79 Å². The first-order chi connectivity index (χ1) is 17.3. The zero-order valence-corrected chi connectivity index (χ0v) is 22.2. The standard InChI is InChI=1S/C26H36N2O7S/c1-5-34-24-10-7-20(18-25(24)35-6-2)19(3)27-26(29)12-8-21-17-22(9-11-23(21)32-4)36(30,31)28-13-15-33-16-14-28/h7,9-11,17-19H,5-6,8,12-16H2,1-4H3,(H,27,29)/t19-/m0/s1. The summed E-state index contributed by atoms with van der Waals surface area (Å²) in [5.41, 5.74) is 1.56. The minimum Gasteiger partial charge on any atom is -0.496 e. The lowest BCUT2D eigenvalue weighted by atomic mass is 10.1. The van der Waals surface area contributed by atoms with Crippen molar-refractivity contribution in [3.8, 4) is 17.2 Å². The maximum atomic E-state index is 13.0. The lowest BCUT2D eigenvalue weighted by molar-refractivity contribution is -0.121. The number of hydrogen-bond acceptors (Lipinski definition) is 7. The number of hydrogen-bond donors (Lipinski definition) is 1. The first-order valence-electron chi connectivity index (χ1n) is 12.2. The fraction of sp³-hybridized carbons (Fsp3) is 0.500. The van der Waals surface area contributed by atoms with Crippen LogP contribution >= 0.6 is 0 Å². The van der Waals surface area contributed by atoms with Gasteiger partial charge in [-0.15, -0.1) is 0 Å². The van der Waals surface area contributed by atoms with Crippen molar-refractivity contribution >= 4 is 15.9 Å². The Morgan fingerprint density at radius 2 is 1.69 bits per heavy atom. The van der Waals surface area contributed by atoms with E-state index in [0.717, 1.165) is 5.56 Å². The van der Waals surface area contributed by atoms with Crippen molar-refractivity contribution in [1.29, 1.82) is 0 Å². The van der Waals surface area contributed by atoms with Crippen LogP contribution in [0.5, 0.6) is 17.2 Å². The topological polar surface area (TPSA) is 103 Å². The van der Waals surface area contributed by atoms with E-state index >= 15 is 0 Å². The predicted molar refractivity (Wildman–Crippen MR) is 136 cm³/mol. The maximum absolute atomic E-state index is 13.0. The second kappa shape index (κ2) is 12.9. The van der Waals surface area contributed by atoms with Crippen LogP contribution in [-0.2, 0) is 26.0 Å². The van der Waals surface area contributed by atoms with Crippen LogP contribution in [0, 0.1) is 0 Å². The Labute approximate surface area is 213 Å². The molecule has 0 unspecified atom stereocenters. The highest BCUT2D eigenvalue weighted by atomic mass is 32.2. The molecule has 0 bridgehead atoms. The van der Waals surface area contributed by atoms with Crippen molar-refractivity contribution < 1.29 is 32.2 Å². The van der Waals surface area contributed by atoms with Gasteiger partial charge in [0.1, 0.15) is 5.75 Å². The number of carbonyl (C=O) groups excluding carboxylic acids is 1. The molecule has 1 fully saturated rings. The summed E-state index contributed by atoms with van der Waals surface area (Å²) in [6.07, 6.45) is 0.513. The average Bonchev–Trinajstić information content (AvgIpc) is 2.89. The number of nitrogens with zero attached hydrogens (tertiary/aromatic N) is 1. The second-order valence-corrected chi connectivity index (χ2v) is 10.3. The molecule has 0 saturated carbocycles. The number of sulfonamides is 1. The molecule has 1 N–H and O–H groups in total. The molecule has 198 valence electrons. The number of rotatable bonds is 12. The van der Waals surface area contributed by atoms with E-state index in [1.54, 1.807) is 12.1 Å². The fourth-order valence-electron chi connectivity index (χ4n) is 4.03. The molecule has 1 aliphatic heterocycles. The number of ether oxygens (including phenoxy) is 4. The van der Waals surface area contributed by atoms with Crippen molar-refractivity contribution in [2.45, 2.75) is 44.6 Å². The SMILES string of the molecule is CCOc1ccc([C@H](C)NC(=O)CCc2cc(S(=O)(=O)N3CCOCC3)ccc2OC)cc1OCC. The van der Waals surface area contributed by atoms with Gasteiger partial charge in [-0.05, 0) is 68.7 Å². The Morgan fingerprint density at radius 1 is 1.03 bits per heavy atom. The van der Waals surface area contributed by atoms with Crippen molar-refractivity contribution in [2.75, 3.05) is 46.6 Å². The van der Waals surface area contributed by atoms with Crippen LogP contribution in [0.3, 0.4) is 0 Å². The highest BCUT2D eigenvalue weighted by Crippen LogP contribution is 2.31. The van der Waals surface area contributed by atoms with Crippen molar-refractivity contribution in [2.24, 2.45) is 0 Å². The van der Waals surface area contributed by atoms with E-state index in [1.165, 1.54) is 17.5 Å². The average molecular weight is 521 g/mol. The van der Waals surface area contributed by atoms with Crippen LogP contribution in [0.2, 0.25) is 0 Å². The largest absolute Gasteiger partial charge is 0.496 e. The van der Waals surface area contributed by atoms with Gasteiger partial charge in [-0.1, -0.05) is 6.07 Å². The van der Waals surface area contributed by atoms with Crippen LogP contribution in [0.25, 0.3) is 0 Å². The Balaban J connectivity index is 1.67. The normalized spacial score (nSPS) is 15.2. The van der Waals surface area contributed by atoms with Gasteiger partial charge in [0.05, 0.1) is 44.5 Å². The minimum absolute atomic E-state index is 0.155. The van der Waals surface area contributed by atoms with Crippen LogP contribution in [0.15, 0.2) is 41.3 Å². The summed E-state index contributed by atoms with van der Waals surface area (Å²) < 4.78 is 49.5. The molecular weight excluding hydrogens is 484 g/mol. The van der Waals surface area contributed by atoms with Crippen LogP contribution in [0.1, 0.15) is 44.4 Å². The number of nitrogens with one attached hydrogen (secondary N) is 1. The van der Waals surface area contributed by atoms with E-state index < -0.39 is 10.0 Å². The van der Waals surface area contributed by atoms with Crippen molar-refractivity contribution in [3.63, 3.8) is 0 Å². The molecule has 2 aromatic rings. The molecule has 10 heteroatoms. The Morgan fingerprint density at radius 3 is 2.36 bits per heavy atom. The summed E-state index contributed by atoms with van der Waals surface area (Å²) in [5.74, 6) is 1.70. The number of benzene rings is 2. The van der Waals surface area contributed by atoms with Gasteiger partial charge in [-0.2, -0.15) is 4.31 Å². The summed E-state index contributed by atoms with van der Waals surface area (Å²) in [4.78, 5) is 12.9. The molecule has 3 rings (SSSR count). The van der Waals surface area contributed by atoms with Gasteiger partial charge in [0.15, 0.2) is 11.5 Å². The third-order valence-electron chi connectivity index (χ3n) is 5.93. The zero-order valence-electron chi connectivity index (χ0n) is 21.4. The molecule has 1 saturated heterocycles. The highest BCUT2D eigenvalue weighted by molar-refractivity contribution is 7.89. The molecule has 0 aliphatic carbocycles. The summed E-state index contributed by atoms with van der Waals surface area (Å²) >= 11 is 0. The molecule has 2 aromatic carbocycles. The van der Waals surface area contributed by atoms with Gasteiger partial charge in [0.2, 0.25) is 15.9 Å². The van der Waals surface area contributed by atoms with Crippen LogP contribution < -0.4 is 19.5 Å². The number of amides is 1. The number of methoxy groups -OCH3 is 1. The van der Waals surface area contributed by atoms with Crippen LogP contribution in [0.4, 0.5) is 0 Å². The summed E-state index contributed by atoms with van der Waals surface area (Å²) in [6, 6.07) is 10.2. The third-order valence-corrected chi connectivity index (χ3v) is 7.82. The minimum atomic E-state index is -3.64. The van der Waals surface area contributed by atoms with E-state index in [0.29, 0.717) is 68.7 Å². The Hall–Kier alpha value is -2.82. The van der Waals surface area contributed by atoms with Gasteiger partial charge in [0.25, 0.3) is 0 Å². The van der Waals surface area contributed by atoms with Gasteiger partial charge < -0.3 is 24.3 Å². The van der Waals surface area contributed by atoms with Crippen LogP contribution in [-0.4, -0.2) is 65.3 Å². The first kappa shape index (κ1) is 27.8. The molecule has 1 amide bonds. The quantitative estimate of drug-likeness (QED) is 0.458. The van der Waals surface area contributed by atoms with E-state index in [9.17, 15) is 13.2 Å². The lowest BCUT2D eigenvalue weighted by Gasteiger charge is -2.26. The molecule has 0 radical (unpaired) electrons. The Kier molecular flexibility index (Phi) is 9.98. The Bertz CT molecular complexity index is 1130. The van der Waals surface area contributed by atoms with Gasteiger partial charge in [-0.25, -0.2) is 8.42 Å². The predicted octanol–water partition coefficient (Wildman–Crippen LogP) is 3.32. The van der Waals surface area contributed by atoms with Gasteiger partial charge in [0, 0.05) is 19.5 Å². The molecule has 0 aromatic heterocycles. The van der Waals surface area contributed by atoms with Crippen molar-refractivity contribution in [3.05, 3.63) is 47.5 Å². The summed E-state index contributed by atoms with van der Waals surface area (Å²) in [6.45, 7) is 8.15. The number of aryl methyl sites for hydroxylation is 1. The summed E-state index contributed by atoms with van der Waals surface area (Å²) in [7, 11) is -2.12. The molecule has 1 heterocycles. The third kappa shape index (κ3) is 6.89. The maximum Gasteiger partial charge on any atom is 0.243 e.